The molecule has 1 amide bonds. The number of furan rings is 1. The average Bonchev–Trinajstić information content (AvgIpc) is 2.96. The maximum Gasteiger partial charge on any atom is 0.249 e. The molecule has 17 heavy (non-hydrogen) atoms. The summed E-state index contributed by atoms with van der Waals surface area (Å²) in [6.45, 7) is 0.876. The molecule has 0 spiro atoms. The Balaban J connectivity index is 0.00000144. The molecule has 1 aromatic heterocycles. The van der Waals surface area contributed by atoms with Gasteiger partial charge in [0.1, 0.15) is 11.9 Å². The quantitative estimate of drug-likeness (QED) is 0.840. The Labute approximate surface area is 106 Å². The first-order valence-corrected chi connectivity index (χ1v) is 5.45. The van der Waals surface area contributed by atoms with Crippen molar-refractivity contribution >= 4 is 18.3 Å². The topological polar surface area (TPSA) is 77.5 Å². The van der Waals surface area contributed by atoms with Gasteiger partial charge in [-0.15, -0.1) is 12.4 Å². The Morgan fingerprint density at radius 2 is 2.35 bits per heavy atom. The number of ether oxygens (including phenoxy) is 1. The monoisotopic (exact) mass is 260 g/mol. The van der Waals surface area contributed by atoms with E-state index in [0.29, 0.717) is 13.1 Å². The van der Waals surface area contributed by atoms with Crippen LogP contribution in [0.4, 0.5) is 0 Å². The summed E-state index contributed by atoms with van der Waals surface area (Å²) in [5.74, 6) is 0.647. The lowest BCUT2D eigenvalue weighted by Crippen LogP contribution is -2.35. The van der Waals surface area contributed by atoms with Gasteiger partial charge < -0.3 is 20.2 Å². The van der Waals surface area contributed by atoms with Gasteiger partial charge in [-0.25, -0.2) is 0 Å². The Bertz CT molecular complexity index is 342. The summed E-state index contributed by atoms with van der Waals surface area (Å²) in [5.41, 5.74) is 5.48. The second-order valence-electron chi connectivity index (χ2n) is 3.86. The number of amides is 1. The smallest absolute Gasteiger partial charge is 0.249 e. The number of nitrogens with one attached hydrogen (secondary N) is 1. The van der Waals surface area contributed by atoms with Gasteiger partial charge in [0, 0.05) is 6.54 Å². The molecule has 96 valence electrons. The highest BCUT2D eigenvalue weighted by Gasteiger charge is 2.29. The molecular formula is C11H17ClN2O3. The van der Waals surface area contributed by atoms with Gasteiger partial charge >= 0.3 is 0 Å². The number of hydrogen-bond acceptors (Lipinski definition) is 4. The van der Waals surface area contributed by atoms with Gasteiger partial charge in [0.05, 0.1) is 18.9 Å². The van der Waals surface area contributed by atoms with Crippen molar-refractivity contribution in [2.45, 2.75) is 31.6 Å². The molecule has 1 aromatic rings. The highest BCUT2D eigenvalue weighted by Crippen LogP contribution is 2.18. The van der Waals surface area contributed by atoms with Gasteiger partial charge in [-0.3, -0.25) is 4.79 Å². The van der Waals surface area contributed by atoms with E-state index in [-0.39, 0.29) is 30.5 Å². The SMILES string of the molecule is Cl.NC[C@H]1CC[C@@H](C(=O)NCc2ccco2)O1. The number of rotatable bonds is 4. The first-order chi connectivity index (χ1) is 7.79. The van der Waals surface area contributed by atoms with Crippen LogP contribution in [0.5, 0.6) is 0 Å². The molecule has 1 aliphatic rings. The zero-order valence-corrected chi connectivity index (χ0v) is 10.2. The van der Waals surface area contributed by atoms with Crippen LogP contribution in [0.3, 0.4) is 0 Å². The Hall–Kier alpha value is -1.04. The van der Waals surface area contributed by atoms with Crippen molar-refractivity contribution in [1.82, 2.24) is 5.32 Å². The third-order valence-electron chi connectivity index (χ3n) is 2.68. The summed E-state index contributed by atoms with van der Waals surface area (Å²) in [7, 11) is 0. The van der Waals surface area contributed by atoms with Crippen LogP contribution < -0.4 is 11.1 Å². The molecule has 0 unspecified atom stereocenters. The van der Waals surface area contributed by atoms with Crippen molar-refractivity contribution in [3.8, 4) is 0 Å². The van der Waals surface area contributed by atoms with Crippen LogP contribution in [0, 0.1) is 0 Å². The summed E-state index contributed by atoms with van der Waals surface area (Å²) in [5, 5.41) is 2.77. The van der Waals surface area contributed by atoms with Crippen LogP contribution in [-0.4, -0.2) is 24.7 Å². The van der Waals surface area contributed by atoms with Crippen molar-refractivity contribution in [1.29, 1.82) is 0 Å². The van der Waals surface area contributed by atoms with Crippen LogP contribution in [0.25, 0.3) is 0 Å². The first kappa shape index (κ1) is 14.0. The van der Waals surface area contributed by atoms with E-state index in [2.05, 4.69) is 5.32 Å². The van der Waals surface area contributed by atoms with Crippen LogP contribution in [0.15, 0.2) is 22.8 Å². The van der Waals surface area contributed by atoms with Gasteiger partial charge in [0.15, 0.2) is 0 Å². The van der Waals surface area contributed by atoms with Crippen molar-refractivity contribution < 1.29 is 13.9 Å². The van der Waals surface area contributed by atoms with Crippen molar-refractivity contribution in [2.24, 2.45) is 5.73 Å². The van der Waals surface area contributed by atoms with Crippen molar-refractivity contribution in [2.75, 3.05) is 6.54 Å². The highest BCUT2D eigenvalue weighted by molar-refractivity contribution is 5.85. The van der Waals surface area contributed by atoms with E-state index in [0.717, 1.165) is 18.6 Å². The molecule has 2 heterocycles. The molecule has 0 saturated carbocycles. The predicted molar refractivity (Wildman–Crippen MR) is 64.8 cm³/mol. The molecular weight excluding hydrogens is 244 g/mol. The fourth-order valence-electron chi connectivity index (χ4n) is 1.77. The molecule has 1 saturated heterocycles. The zero-order valence-electron chi connectivity index (χ0n) is 9.43. The van der Waals surface area contributed by atoms with E-state index in [1.165, 1.54) is 0 Å². The standard InChI is InChI=1S/C11H16N2O3.ClH/c12-6-8-3-4-10(16-8)11(14)13-7-9-2-1-5-15-9;/h1-2,5,8,10H,3-4,6-7,12H2,(H,13,14);1H/t8-,10+;/m1./s1. The number of carbonyl (C=O) groups is 1. The second-order valence-corrected chi connectivity index (χ2v) is 3.86. The maximum absolute atomic E-state index is 11.7. The third-order valence-corrected chi connectivity index (χ3v) is 2.68. The van der Waals surface area contributed by atoms with E-state index in [1.807, 2.05) is 6.07 Å². The third kappa shape index (κ3) is 3.73. The van der Waals surface area contributed by atoms with Gasteiger partial charge in [-0.2, -0.15) is 0 Å². The molecule has 0 aliphatic carbocycles. The van der Waals surface area contributed by atoms with E-state index in [1.54, 1.807) is 12.3 Å². The minimum Gasteiger partial charge on any atom is -0.467 e. The Morgan fingerprint density at radius 1 is 1.53 bits per heavy atom. The molecule has 2 rings (SSSR count). The Kier molecular flexibility index (Phi) is 5.47. The fourth-order valence-corrected chi connectivity index (χ4v) is 1.77. The van der Waals surface area contributed by atoms with Crippen LogP contribution in [0.2, 0.25) is 0 Å². The van der Waals surface area contributed by atoms with Gasteiger partial charge in [-0.05, 0) is 25.0 Å². The average molecular weight is 261 g/mol. The summed E-state index contributed by atoms with van der Waals surface area (Å²) < 4.78 is 10.6. The highest BCUT2D eigenvalue weighted by atomic mass is 35.5. The van der Waals surface area contributed by atoms with Gasteiger partial charge in [-0.1, -0.05) is 0 Å². The lowest BCUT2D eigenvalue weighted by molar-refractivity contribution is -0.132. The van der Waals surface area contributed by atoms with E-state index >= 15 is 0 Å². The van der Waals surface area contributed by atoms with Gasteiger partial charge in [0.2, 0.25) is 5.91 Å². The molecule has 1 aliphatic heterocycles. The molecule has 3 N–H and O–H groups in total. The maximum atomic E-state index is 11.7. The number of carbonyl (C=O) groups excluding carboxylic acids is 1. The number of hydrogen-bond donors (Lipinski definition) is 2. The Morgan fingerprint density at radius 3 is 2.94 bits per heavy atom. The van der Waals surface area contributed by atoms with Crippen molar-refractivity contribution in [3.63, 3.8) is 0 Å². The molecule has 5 nitrogen and oxygen atoms in total. The molecule has 0 bridgehead atoms. The number of nitrogens with two attached hydrogens (primary N) is 1. The van der Waals surface area contributed by atoms with E-state index in [4.69, 9.17) is 14.9 Å². The van der Waals surface area contributed by atoms with Gasteiger partial charge in [0.25, 0.3) is 0 Å². The predicted octanol–water partition coefficient (Wildman–Crippen LogP) is 0.824. The fraction of sp³-hybridized carbons (Fsp3) is 0.545. The van der Waals surface area contributed by atoms with E-state index < -0.39 is 0 Å². The molecule has 1 fully saturated rings. The lowest BCUT2D eigenvalue weighted by atomic mass is 10.2. The largest absolute Gasteiger partial charge is 0.467 e. The van der Waals surface area contributed by atoms with E-state index in [9.17, 15) is 4.79 Å². The second kappa shape index (κ2) is 6.64. The summed E-state index contributed by atoms with van der Waals surface area (Å²) in [6.07, 6.45) is 2.85. The van der Waals surface area contributed by atoms with Crippen LogP contribution in [-0.2, 0) is 16.1 Å². The summed E-state index contributed by atoms with van der Waals surface area (Å²) >= 11 is 0. The summed E-state index contributed by atoms with van der Waals surface area (Å²) in [6, 6.07) is 3.61. The lowest BCUT2D eigenvalue weighted by Gasteiger charge is -2.11. The van der Waals surface area contributed by atoms with Crippen LogP contribution >= 0.6 is 12.4 Å². The normalized spacial score (nSPS) is 23.1. The molecule has 6 heteroatoms. The molecule has 0 radical (unpaired) electrons. The molecule has 2 atom stereocenters. The van der Waals surface area contributed by atoms with Crippen LogP contribution in [0.1, 0.15) is 18.6 Å². The zero-order chi connectivity index (χ0) is 11.4. The van der Waals surface area contributed by atoms with Crippen molar-refractivity contribution in [3.05, 3.63) is 24.2 Å². The molecule has 0 aromatic carbocycles. The summed E-state index contributed by atoms with van der Waals surface area (Å²) in [4.78, 5) is 11.7. The minimum absolute atomic E-state index is 0. The first-order valence-electron chi connectivity index (χ1n) is 5.45. The minimum atomic E-state index is -0.358. The number of halogens is 1.